The first kappa shape index (κ1) is 22.7. The number of carbonyl (C=O) groups excluding carboxylic acids is 1. The highest BCUT2D eigenvalue weighted by atomic mass is 127. The normalized spacial score (nSPS) is 17.1. The SMILES string of the molecule is CCNC(=NCCCC(=O)NC1CC1)N1CCN(c2ccc(F)cc2)CC1.I. The maximum atomic E-state index is 13.1. The average molecular weight is 503 g/mol. The second kappa shape index (κ2) is 11.4. The Balaban J connectivity index is 0.00000280. The monoisotopic (exact) mass is 503 g/mol. The molecule has 0 unspecified atom stereocenters. The molecule has 156 valence electrons. The van der Waals surface area contributed by atoms with E-state index >= 15 is 0 Å². The van der Waals surface area contributed by atoms with Crippen LogP contribution in [-0.2, 0) is 4.79 Å². The Hall–Kier alpha value is -1.58. The van der Waals surface area contributed by atoms with Crippen LogP contribution in [0.4, 0.5) is 10.1 Å². The highest BCUT2D eigenvalue weighted by Crippen LogP contribution is 2.19. The molecule has 28 heavy (non-hydrogen) atoms. The summed E-state index contributed by atoms with van der Waals surface area (Å²) in [5, 5.41) is 6.36. The fourth-order valence-electron chi connectivity index (χ4n) is 3.21. The van der Waals surface area contributed by atoms with Crippen LogP contribution in [-0.4, -0.2) is 62.1 Å². The van der Waals surface area contributed by atoms with Crippen LogP contribution in [0.3, 0.4) is 0 Å². The first-order valence-corrected chi connectivity index (χ1v) is 9.99. The van der Waals surface area contributed by atoms with Gasteiger partial charge in [-0.3, -0.25) is 9.79 Å². The standard InChI is InChI=1S/C20H30FN5O.HI/c1-2-22-20(23-11-3-4-19(27)24-17-7-8-17)26-14-12-25(13-15-26)18-9-5-16(21)6-10-18;/h5-6,9-10,17H,2-4,7-8,11-15H2,1H3,(H,22,23)(H,24,27);1H. The second-order valence-corrected chi connectivity index (χ2v) is 7.13. The van der Waals surface area contributed by atoms with Gasteiger partial charge in [0, 0.05) is 57.4 Å². The number of benzene rings is 1. The molecule has 0 aromatic heterocycles. The zero-order valence-corrected chi connectivity index (χ0v) is 18.8. The summed E-state index contributed by atoms with van der Waals surface area (Å²) in [6, 6.07) is 7.10. The molecule has 8 heteroatoms. The molecular weight excluding hydrogens is 472 g/mol. The molecule has 2 fully saturated rings. The van der Waals surface area contributed by atoms with Crippen molar-refractivity contribution in [3.63, 3.8) is 0 Å². The van der Waals surface area contributed by atoms with E-state index in [4.69, 9.17) is 4.99 Å². The van der Waals surface area contributed by atoms with E-state index in [9.17, 15) is 9.18 Å². The fraction of sp³-hybridized carbons (Fsp3) is 0.600. The van der Waals surface area contributed by atoms with E-state index in [1.165, 1.54) is 12.1 Å². The van der Waals surface area contributed by atoms with Crippen LogP contribution in [0.5, 0.6) is 0 Å². The van der Waals surface area contributed by atoms with Gasteiger partial charge in [0.2, 0.25) is 5.91 Å². The molecule has 1 heterocycles. The number of anilines is 1. The van der Waals surface area contributed by atoms with E-state index in [0.29, 0.717) is 19.0 Å². The van der Waals surface area contributed by atoms with E-state index < -0.39 is 0 Å². The highest BCUT2D eigenvalue weighted by Gasteiger charge is 2.23. The van der Waals surface area contributed by atoms with Crippen LogP contribution >= 0.6 is 24.0 Å². The number of nitrogens with one attached hydrogen (secondary N) is 2. The molecule has 2 N–H and O–H groups in total. The number of hydrogen-bond acceptors (Lipinski definition) is 3. The molecule has 1 saturated carbocycles. The quantitative estimate of drug-likeness (QED) is 0.260. The lowest BCUT2D eigenvalue weighted by Crippen LogP contribution is -2.52. The van der Waals surface area contributed by atoms with Crippen molar-refractivity contribution in [1.29, 1.82) is 0 Å². The average Bonchev–Trinajstić information content (AvgIpc) is 3.49. The molecular formula is C20H31FIN5O. The number of rotatable bonds is 7. The zero-order chi connectivity index (χ0) is 19.1. The molecule has 0 bridgehead atoms. The van der Waals surface area contributed by atoms with E-state index in [1.807, 2.05) is 12.1 Å². The topological polar surface area (TPSA) is 60.0 Å². The largest absolute Gasteiger partial charge is 0.368 e. The summed E-state index contributed by atoms with van der Waals surface area (Å²) < 4.78 is 13.1. The van der Waals surface area contributed by atoms with Crippen molar-refractivity contribution in [2.45, 2.75) is 38.6 Å². The summed E-state index contributed by atoms with van der Waals surface area (Å²) in [5.41, 5.74) is 1.06. The molecule has 0 atom stereocenters. The maximum absolute atomic E-state index is 13.1. The van der Waals surface area contributed by atoms with Gasteiger partial charge in [-0.15, -0.1) is 24.0 Å². The highest BCUT2D eigenvalue weighted by molar-refractivity contribution is 14.0. The summed E-state index contributed by atoms with van der Waals surface area (Å²) >= 11 is 0. The number of amides is 1. The van der Waals surface area contributed by atoms with Crippen molar-refractivity contribution in [2.75, 3.05) is 44.2 Å². The lowest BCUT2D eigenvalue weighted by molar-refractivity contribution is -0.121. The van der Waals surface area contributed by atoms with Gasteiger partial charge in [-0.2, -0.15) is 0 Å². The van der Waals surface area contributed by atoms with Crippen LogP contribution in [0.25, 0.3) is 0 Å². The minimum Gasteiger partial charge on any atom is -0.368 e. The minimum absolute atomic E-state index is 0. The van der Waals surface area contributed by atoms with Gasteiger partial charge in [0.15, 0.2) is 5.96 Å². The Morgan fingerprint density at radius 2 is 1.86 bits per heavy atom. The first-order valence-electron chi connectivity index (χ1n) is 9.99. The molecule has 2 aliphatic rings. The van der Waals surface area contributed by atoms with E-state index in [-0.39, 0.29) is 35.7 Å². The van der Waals surface area contributed by atoms with E-state index in [0.717, 1.165) is 63.6 Å². The van der Waals surface area contributed by atoms with Crippen molar-refractivity contribution in [3.05, 3.63) is 30.1 Å². The van der Waals surface area contributed by atoms with Gasteiger partial charge < -0.3 is 20.4 Å². The Morgan fingerprint density at radius 1 is 1.18 bits per heavy atom. The molecule has 3 rings (SSSR count). The number of aliphatic imine (C=N–C) groups is 1. The van der Waals surface area contributed by atoms with Crippen LogP contribution in [0.15, 0.2) is 29.3 Å². The van der Waals surface area contributed by atoms with Crippen LogP contribution in [0.1, 0.15) is 32.6 Å². The van der Waals surface area contributed by atoms with Gasteiger partial charge in [-0.25, -0.2) is 4.39 Å². The summed E-state index contributed by atoms with van der Waals surface area (Å²) in [4.78, 5) is 21.0. The lowest BCUT2D eigenvalue weighted by atomic mass is 10.2. The van der Waals surface area contributed by atoms with E-state index in [1.54, 1.807) is 0 Å². The molecule has 0 spiro atoms. The molecule has 1 aliphatic carbocycles. The number of piperazine rings is 1. The number of guanidine groups is 1. The number of halogens is 2. The smallest absolute Gasteiger partial charge is 0.220 e. The third-order valence-electron chi connectivity index (χ3n) is 4.87. The molecule has 1 amide bonds. The van der Waals surface area contributed by atoms with Crippen molar-refractivity contribution in [3.8, 4) is 0 Å². The summed E-state index contributed by atoms with van der Waals surface area (Å²) in [7, 11) is 0. The molecule has 0 radical (unpaired) electrons. The maximum Gasteiger partial charge on any atom is 0.220 e. The minimum atomic E-state index is -0.204. The summed E-state index contributed by atoms with van der Waals surface area (Å²) in [6.07, 6.45) is 3.55. The second-order valence-electron chi connectivity index (χ2n) is 7.13. The van der Waals surface area contributed by atoms with Crippen molar-refractivity contribution in [2.24, 2.45) is 4.99 Å². The van der Waals surface area contributed by atoms with Gasteiger partial charge in [0.1, 0.15) is 5.82 Å². The molecule has 6 nitrogen and oxygen atoms in total. The van der Waals surface area contributed by atoms with E-state index in [2.05, 4.69) is 27.4 Å². The Labute approximate surface area is 184 Å². The molecule has 1 saturated heterocycles. The predicted molar refractivity (Wildman–Crippen MR) is 122 cm³/mol. The van der Waals surface area contributed by atoms with Gasteiger partial charge in [0.25, 0.3) is 0 Å². The van der Waals surface area contributed by atoms with Crippen LogP contribution < -0.4 is 15.5 Å². The Morgan fingerprint density at radius 3 is 2.46 bits per heavy atom. The first-order chi connectivity index (χ1) is 13.2. The predicted octanol–water partition coefficient (Wildman–Crippen LogP) is 2.59. The van der Waals surface area contributed by atoms with Gasteiger partial charge in [0.05, 0.1) is 0 Å². The third kappa shape index (κ3) is 7.10. The van der Waals surface area contributed by atoms with Crippen LogP contribution in [0.2, 0.25) is 0 Å². The molecule has 1 aliphatic heterocycles. The fourth-order valence-corrected chi connectivity index (χ4v) is 3.21. The molecule has 1 aromatic carbocycles. The van der Waals surface area contributed by atoms with Gasteiger partial charge >= 0.3 is 0 Å². The number of nitrogens with zero attached hydrogens (tertiary/aromatic N) is 3. The number of carbonyl (C=O) groups is 1. The van der Waals surface area contributed by atoms with Crippen molar-refractivity contribution in [1.82, 2.24) is 15.5 Å². The number of hydrogen-bond donors (Lipinski definition) is 2. The lowest BCUT2D eigenvalue weighted by Gasteiger charge is -2.37. The van der Waals surface area contributed by atoms with Gasteiger partial charge in [-0.05, 0) is 50.5 Å². The Bertz CT molecular complexity index is 643. The molecule has 1 aromatic rings. The van der Waals surface area contributed by atoms with Crippen molar-refractivity contribution >= 4 is 41.5 Å². The Kier molecular flexibility index (Phi) is 9.27. The summed E-state index contributed by atoms with van der Waals surface area (Å²) in [5.74, 6) is 0.856. The summed E-state index contributed by atoms with van der Waals surface area (Å²) in [6.45, 7) is 7.02. The third-order valence-corrected chi connectivity index (χ3v) is 4.87. The van der Waals surface area contributed by atoms with Crippen LogP contribution in [0, 0.1) is 5.82 Å². The zero-order valence-electron chi connectivity index (χ0n) is 16.5. The van der Waals surface area contributed by atoms with Crippen molar-refractivity contribution < 1.29 is 9.18 Å². The van der Waals surface area contributed by atoms with Gasteiger partial charge in [-0.1, -0.05) is 0 Å².